The molecule has 116 valence electrons. The molecule has 1 saturated heterocycles. The van der Waals surface area contributed by atoms with Gasteiger partial charge in [-0.3, -0.25) is 0 Å². The SMILES string of the molecule is Bc1ccc2c(c1)CCN(C1CCN(C(=O)O)CC1)C(=O)N2. The van der Waals surface area contributed by atoms with Crippen molar-refractivity contribution >= 4 is 31.1 Å². The number of rotatable bonds is 1. The Morgan fingerprint density at radius 3 is 2.68 bits per heavy atom. The highest BCUT2D eigenvalue weighted by molar-refractivity contribution is 6.32. The molecule has 6 nitrogen and oxygen atoms in total. The van der Waals surface area contributed by atoms with Crippen LogP contribution in [0.2, 0.25) is 0 Å². The van der Waals surface area contributed by atoms with E-state index in [-0.39, 0.29) is 12.1 Å². The number of benzene rings is 1. The van der Waals surface area contributed by atoms with Gasteiger partial charge >= 0.3 is 12.1 Å². The van der Waals surface area contributed by atoms with Gasteiger partial charge < -0.3 is 20.2 Å². The van der Waals surface area contributed by atoms with E-state index >= 15 is 0 Å². The number of anilines is 1. The van der Waals surface area contributed by atoms with Gasteiger partial charge in [0.25, 0.3) is 0 Å². The van der Waals surface area contributed by atoms with Gasteiger partial charge in [-0.05, 0) is 30.9 Å². The zero-order valence-corrected chi connectivity index (χ0v) is 12.7. The lowest BCUT2D eigenvalue weighted by atomic mass is 9.92. The van der Waals surface area contributed by atoms with E-state index < -0.39 is 6.09 Å². The Balaban J connectivity index is 1.70. The van der Waals surface area contributed by atoms with Gasteiger partial charge in [-0.2, -0.15) is 0 Å². The molecule has 0 radical (unpaired) electrons. The molecule has 2 N–H and O–H groups in total. The first-order valence-corrected chi connectivity index (χ1v) is 7.69. The van der Waals surface area contributed by atoms with Crippen molar-refractivity contribution in [3.63, 3.8) is 0 Å². The third kappa shape index (κ3) is 2.88. The molecular formula is C15H20BN3O3. The first-order valence-electron chi connectivity index (χ1n) is 7.69. The predicted molar refractivity (Wildman–Crippen MR) is 86.7 cm³/mol. The van der Waals surface area contributed by atoms with Crippen molar-refractivity contribution in [2.45, 2.75) is 25.3 Å². The molecule has 0 spiro atoms. The van der Waals surface area contributed by atoms with Gasteiger partial charge in [0.05, 0.1) is 0 Å². The van der Waals surface area contributed by atoms with Gasteiger partial charge in [0.15, 0.2) is 0 Å². The molecule has 1 aromatic rings. The van der Waals surface area contributed by atoms with Crippen molar-refractivity contribution in [2.24, 2.45) is 0 Å². The third-order valence-corrected chi connectivity index (χ3v) is 4.56. The number of likely N-dealkylation sites (tertiary alicyclic amines) is 1. The lowest BCUT2D eigenvalue weighted by molar-refractivity contribution is 0.108. The number of hydrogen-bond acceptors (Lipinski definition) is 2. The van der Waals surface area contributed by atoms with E-state index in [1.54, 1.807) is 0 Å². The Bertz CT molecular complexity index is 600. The van der Waals surface area contributed by atoms with Crippen LogP contribution in [0.25, 0.3) is 0 Å². The number of carbonyl (C=O) groups is 2. The second kappa shape index (κ2) is 5.91. The van der Waals surface area contributed by atoms with Gasteiger partial charge in [-0.15, -0.1) is 0 Å². The number of carbonyl (C=O) groups excluding carboxylic acids is 1. The molecular weight excluding hydrogens is 281 g/mol. The Morgan fingerprint density at radius 1 is 1.27 bits per heavy atom. The third-order valence-electron chi connectivity index (χ3n) is 4.56. The number of fused-ring (bicyclic) bond motifs is 1. The number of nitrogens with one attached hydrogen (secondary N) is 1. The van der Waals surface area contributed by atoms with Gasteiger partial charge in [0, 0.05) is 31.4 Å². The number of amides is 3. The molecule has 2 aliphatic rings. The molecule has 2 aliphatic heterocycles. The van der Waals surface area contributed by atoms with Crippen LogP contribution in [0.15, 0.2) is 18.2 Å². The maximum atomic E-state index is 12.5. The van der Waals surface area contributed by atoms with E-state index in [0.29, 0.717) is 32.5 Å². The fraction of sp³-hybridized carbons (Fsp3) is 0.467. The number of urea groups is 1. The molecule has 0 atom stereocenters. The van der Waals surface area contributed by atoms with Gasteiger partial charge in [-0.25, -0.2) is 9.59 Å². The normalized spacial score (nSPS) is 19.4. The molecule has 3 rings (SSSR count). The van der Waals surface area contributed by atoms with Crippen molar-refractivity contribution in [1.29, 1.82) is 0 Å². The largest absolute Gasteiger partial charge is 0.465 e. The van der Waals surface area contributed by atoms with E-state index in [1.165, 1.54) is 15.9 Å². The minimum absolute atomic E-state index is 0.0728. The summed E-state index contributed by atoms with van der Waals surface area (Å²) in [6.07, 6.45) is 1.36. The maximum absolute atomic E-state index is 12.5. The van der Waals surface area contributed by atoms with Crippen molar-refractivity contribution in [3.8, 4) is 0 Å². The Hall–Kier alpha value is -2.18. The second-order valence-corrected chi connectivity index (χ2v) is 6.03. The van der Waals surface area contributed by atoms with E-state index in [0.717, 1.165) is 12.1 Å². The molecule has 2 heterocycles. The number of piperidine rings is 1. The van der Waals surface area contributed by atoms with E-state index in [2.05, 4.69) is 11.4 Å². The fourth-order valence-electron chi connectivity index (χ4n) is 3.30. The summed E-state index contributed by atoms with van der Waals surface area (Å²) in [5, 5.41) is 12.0. The molecule has 0 bridgehead atoms. The maximum Gasteiger partial charge on any atom is 0.407 e. The van der Waals surface area contributed by atoms with Gasteiger partial charge in [0.2, 0.25) is 0 Å². The highest BCUT2D eigenvalue weighted by atomic mass is 16.4. The van der Waals surface area contributed by atoms with Crippen LogP contribution >= 0.6 is 0 Å². The summed E-state index contributed by atoms with van der Waals surface area (Å²) in [5.74, 6) is 0. The molecule has 0 unspecified atom stereocenters. The summed E-state index contributed by atoms with van der Waals surface area (Å²) in [7, 11) is 2.05. The smallest absolute Gasteiger partial charge is 0.407 e. The summed E-state index contributed by atoms with van der Waals surface area (Å²) in [4.78, 5) is 26.7. The number of carboxylic acid groups (broad SMARTS) is 1. The summed E-state index contributed by atoms with van der Waals surface area (Å²) in [5.41, 5.74) is 3.25. The Kier molecular flexibility index (Phi) is 3.96. The first kappa shape index (κ1) is 14.7. The summed E-state index contributed by atoms with van der Waals surface area (Å²) in [6.45, 7) is 1.67. The van der Waals surface area contributed by atoms with Crippen molar-refractivity contribution in [1.82, 2.24) is 9.80 Å². The van der Waals surface area contributed by atoms with Gasteiger partial charge in [0.1, 0.15) is 7.85 Å². The second-order valence-electron chi connectivity index (χ2n) is 6.03. The summed E-state index contributed by atoms with van der Waals surface area (Å²) >= 11 is 0. The predicted octanol–water partition coefficient (Wildman–Crippen LogP) is 0.477. The molecule has 1 aromatic carbocycles. The number of nitrogens with zero attached hydrogens (tertiary/aromatic N) is 2. The minimum Gasteiger partial charge on any atom is -0.465 e. The van der Waals surface area contributed by atoms with Crippen LogP contribution in [0, 0.1) is 0 Å². The molecule has 0 aromatic heterocycles. The topological polar surface area (TPSA) is 72.9 Å². The zero-order chi connectivity index (χ0) is 15.7. The quantitative estimate of drug-likeness (QED) is 0.741. The summed E-state index contributed by atoms with van der Waals surface area (Å²) < 4.78 is 0. The molecule has 0 aliphatic carbocycles. The molecule has 3 amide bonds. The average molecular weight is 301 g/mol. The van der Waals surface area contributed by atoms with E-state index in [9.17, 15) is 9.59 Å². The molecule has 22 heavy (non-hydrogen) atoms. The van der Waals surface area contributed by atoms with E-state index in [1.807, 2.05) is 24.9 Å². The van der Waals surface area contributed by atoms with Crippen molar-refractivity contribution in [2.75, 3.05) is 25.0 Å². The van der Waals surface area contributed by atoms with Crippen LogP contribution in [0.4, 0.5) is 15.3 Å². The highest BCUT2D eigenvalue weighted by Gasteiger charge is 2.31. The standard InChI is InChI=1S/C15H20BN3O3/c16-11-1-2-13-10(9-11)3-8-19(14(20)17-13)12-4-6-18(7-5-12)15(21)22/h1-2,9,12H,3-8,16H2,(H,17,20)(H,21,22). The monoisotopic (exact) mass is 301 g/mol. The lowest BCUT2D eigenvalue weighted by Gasteiger charge is -2.36. The zero-order valence-electron chi connectivity index (χ0n) is 12.7. The minimum atomic E-state index is -0.873. The molecule has 7 heteroatoms. The van der Waals surface area contributed by atoms with Crippen LogP contribution in [0.5, 0.6) is 0 Å². The van der Waals surface area contributed by atoms with E-state index in [4.69, 9.17) is 5.11 Å². The average Bonchev–Trinajstić information content (AvgIpc) is 2.65. The molecule has 1 fully saturated rings. The number of hydrogen-bond donors (Lipinski definition) is 2. The van der Waals surface area contributed by atoms with Crippen LogP contribution in [0.3, 0.4) is 0 Å². The van der Waals surface area contributed by atoms with Crippen molar-refractivity contribution < 1.29 is 14.7 Å². The summed E-state index contributed by atoms with van der Waals surface area (Å²) in [6, 6.07) is 6.12. The Labute approximate surface area is 130 Å². The Morgan fingerprint density at radius 2 is 2.00 bits per heavy atom. The first-order chi connectivity index (χ1) is 10.5. The van der Waals surface area contributed by atoms with Gasteiger partial charge in [-0.1, -0.05) is 17.6 Å². The lowest BCUT2D eigenvalue weighted by Crippen LogP contribution is -2.49. The van der Waals surface area contributed by atoms with Crippen LogP contribution in [-0.4, -0.2) is 60.6 Å². The van der Waals surface area contributed by atoms with Crippen LogP contribution in [0.1, 0.15) is 18.4 Å². The highest BCUT2D eigenvalue weighted by Crippen LogP contribution is 2.23. The van der Waals surface area contributed by atoms with Crippen molar-refractivity contribution in [3.05, 3.63) is 23.8 Å². The molecule has 0 saturated carbocycles. The fourth-order valence-corrected chi connectivity index (χ4v) is 3.30. The van der Waals surface area contributed by atoms with Crippen LogP contribution < -0.4 is 10.8 Å². The van der Waals surface area contributed by atoms with Crippen LogP contribution in [-0.2, 0) is 6.42 Å².